The molecule has 1 fully saturated rings. The normalized spacial score (nSPS) is 19.6. The smallest absolute Gasteiger partial charge is 0.335 e. The number of hydrogen-bond donors (Lipinski definition) is 1. The molecule has 104 valence electrons. The average Bonchev–Trinajstić information content (AvgIpc) is 2.74. The number of hydrogen-bond acceptors (Lipinski definition) is 4. The lowest BCUT2D eigenvalue weighted by atomic mass is 10.2. The summed E-state index contributed by atoms with van der Waals surface area (Å²) < 4.78 is 0. The molecule has 5 heteroatoms. The molecule has 0 bridgehead atoms. The van der Waals surface area contributed by atoms with Crippen LogP contribution in [-0.2, 0) is 0 Å². The number of carboxylic acids is 1. The van der Waals surface area contributed by atoms with Gasteiger partial charge in [-0.25, -0.2) is 9.78 Å². The first-order valence-electron chi connectivity index (χ1n) is 6.60. The molecule has 2 heterocycles. The van der Waals surface area contributed by atoms with Gasteiger partial charge < -0.3 is 14.9 Å². The van der Waals surface area contributed by atoms with Crippen LogP contribution in [0.4, 0.5) is 5.82 Å². The molecule has 1 N–H and O–H groups in total. The maximum absolute atomic E-state index is 11.1. The van der Waals surface area contributed by atoms with Crippen LogP contribution in [0.25, 0.3) is 0 Å². The third kappa shape index (κ3) is 3.23. The van der Waals surface area contributed by atoms with E-state index in [-0.39, 0.29) is 0 Å². The minimum absolute atomic E-state index is 0.300. The predicted molar refractivity (Wildman–Crippen MR) is 74.9 cm³/mol. The van der Waals surface area contributed by atoms with E-state index in [9.17, 15) is 4.79 Å². The van der Waals surface area contributed by atoms with Crippen LogP contribution in [0.1, 0.15) is 28.9 Å². The number of carbonyl (C=O) groups is 1. The molecular weight excluding hydrogens is 242 g/mol. The Kier molecular flexibility index (Phi) is 4.04. The van der Waals surface area contributed by atoms with Crippen LogP contribution in [0.5, 0.6) is 0 Å². The van der Waals surface area contributed by atoms with Crippen molar-refractivity contribution in [3.63, 3.8) is 0 Å². The van der Waals surface area contributed by atoms with E-state index < -0.39 is 5.97 Å². The fourth-order valence-electron chi connectivity index (χ4n) is 2.59. The van der Waals surface area contributed by atoms with E-state index in [0.717, 1.165) is 24.6 Å². The van der Waals surface area contributed by atoms with E-state index in [0.29, 0.717) is 11.6 Å². The number of aryl methyl sites for hydroxylation is 1. The van der Waals surface area contributed by atoms with Crippen LogP contribution in [0.3, 0.4) is 0 Å². The van der Waals surface area contributed by atoms with Crippen LogP contribution < -0.4 is 4.90 Å². The van der Waals surface area contributed by atoms with Gasteiger partial charge in [0.25, 0.3) is 0 Å². The molecule has 0 saturated carbocycles. The van der Waals surface area contributed by atoms with Crippen molar-refractivity contribution in [1.82, 2.24) is 9.88 Å². The Bertz CT molecular complexity index is 476. The molecule has 0 amide bonds. The van der Waals surface area contributed by atoms with Crippen molar-refractivity contribution in [3.8, 4) is 0 Å². The summed E-state index contributed by atoms with van der Waals surface area (Å²) in [5, 5.41) is 9.09. The predicted octanol–water partition coefficient (Wildman–Crippen LogP) is 1.62. The molecule has 19 heavy (non-hydrogen) atoms. The highest BCUT2D eigenvalue weighted by Gasteiger charge is 2.22. The number of rotatable bonds is 4. The maximum atomic E-state index is 11.1. The molecule has 1 aliphatic rings. The minimum Gasteiger partial charge on any atom is -0.478 e. The summed E-state index contributed by atoms with van der Waals surface area (Å²) in [7, 11) is 4.11. The Morgan fingerprint density at radius 3 is 2.89 bits per heavy atom. The summed E-state index contributed by atoms with van der Waals surface area (Å²) in [4.78, 5) is 19.9. The average molecular weight is 263 g/mol. The third-order valence-corrected chi connectivity index (χ3v) is 3.73. The number of carboxylic acid groups (broad SMARTS) is 1. The molecule has 0 aromatic carbocycles. The highest BCUT2D eigenvalue weighted by atomic mass is 16.4. The summed E-state index contributed by atoms with van der Waals surface area (Å²) in [5.74, 6) is -0.171. The van der Waals surface area contributed by atoms with E-state index in [4.69, 9.17) is 5.11 Å². The Balaban J connectivity index is 2.14. The van der Waals surface area contributed by atoms with Gasteiger partial charge >= 0.3 is 5.97 Å². The van der Waals surface area contributed by atoms with Crippen LogP contribution in [0.2, 0.25) is 0 Å². The number of aromatic nitrogens is 1. The molecule has 2 rings (SSSR count). The van der Waals surface area contributed by atoms with E-state index in [1.807, 2.05) is 18.9 Å². The first-order valence-corrected chi connectivity index (χ1v) is 6.60. The SMILES string of the molecule is Cc1cc(C(=O)O)cc(N(C)CC2CCCN2C)n1. The zero-order chi connectivity index (χ0) is 14.0. The van der Waals surface area contributed by atoms with Crippen LogP contribution in [0, 0.1) is 6.92 Å². The number of pyridine rings is 1. The second-order valence-electron chi connectivity index (χ2n) is 5.32. The van der Waals surface area contributed by atoms with Gasteiger partial charge in [-0.1, -0.05) is 0 Å². The lowest BCUT2D eigenvalue weighted by Gasteiger charge is -2.26. The van der Waals surface area contributed by atoms with Crippen LogP contribution in [-0.4, -0.2) is 54.2 Å². The second-order valence-corrected chi connectivity index (χ2v) is 5.32. The van der Waals surface area contributed by atoms with Crippen LogP contribution in [0.15, 0.2) is 12.1 Å². The van der Waals surface area contributed by atoms with Crippen molar-refractivity contribution in [2.45, 2.75) is 25.8 Å². The zero-order valence-electron chi connectivity index (χ0n) is 11.8. The standard InChI is InChI=1S/C14H21N3O2/c1-10-7-11(14(18)19)8-13(15-10)17(3)9-12-5-4-6-16(12)2/h7-8,12H,4-6,9H2,1-3H3,(H,18,19). The van der Waals surface area contributed by atoms with Crippen molar-refractivity contribution in [2.24, 2.45) is 0 Å². The number of nitrogens with zero attached hydrogens (tertiary/aromatic N) is 3. The third-order valence-electron chi connectivity index (χ3n) is 3.73. The Hall–Kier alpha value is -1.62. The molecule has 1 unspecified atom stereocenters. The summed E-state index contributed by atoms with van der Waals surface area (Å²) in [6.45, 7) is 3.84. The van der Waals surface area contributed by atoms with Gasteiger partial charge in [-0.3, -0.25) is 0 Å². The van der Waals surface area contributed by atoms with E-state index in [2.05, 4.69) is 16.9 Å². The molecule has 1 aromatic heterocycles. The zero-order valence-corrected chi connectivity index (χ0v) is 11.8. The Morgan fingerprint density at radius 1 is 1.58 bits per heavy atom. The van der Waals surface area contributed by atoms with Gasteiger partial charge in [-0.15, -0.1) is 0 Å². The molecule has 5 nitrogen and oxygen atoms in total. The van der Waals surface area contributed by atoms with Crippen molar-refractivity contribution in [2.75, 3.05) is 32.1 Å². The molecule has 1 atom stereocenters. The molecule has 0 radical (unpaired) electrons. The summed E-state index contributed by atoms with van der Waals surface area (Å²) in [6, 6.07) is 3.77. The summed E-state index contributed by atoms with van der Waals surface area (Å²) in [6.07, 6.45) is 2.43. The molecular formula is C14H21N3O2. The summed E-state index contributed by atoms with van der Waals surface area (Å²) >= 11 is 0. The number of likely N-dealkylation sites (N-methyl/N-ethyl adjacent to an activating group) is 2. The Morgan fingerprint density at radius 2 is 2.32 bits per heavy atom. The van der Waals surface area contributed by atoms with Gasteiger partial charge in [0, 0.05) is 25.3 Å². The second kappa shape index (κ2) is 5.57. The van der Waals surface area contributed by atoms with E-state index >= 15 is 0 Å². The molecule has 1 aliphatic heterocycles. The van der Waals surface area contributed by atoms with Gasteiger partial charge in [-0.2, -0.15) is 0 Å². The largest absolute Gasteiger partial charge is 0.478 e. The van der Waals surface area contributed by atoms with Gasteiger partial charge in [0.15, 0.2) is 0 Å². The fourth-order valence-corrected chi connectivity index (χ4v) is 2.59. The van der Waals surface area contributed by atoms with Crippen molar-refractivity contribution < 1.29 is 9.90 Å². The lowest BCUT2D eigenvalue weighted by molar-refractivity contribution is 0.0696. The summed E-state index contributed by atoms with van der Waals surface area (Å²) in [5.41, 5.74) is 1.04. The van der Waals surface area contributed by atoms with Crippen molar-refractivity contribution >= 4 is 11.8 Å². The number of aromatic carboxylic acids is 1. The van der Waals surface area contributed by atoms with Gasteiger partial charge in [0.1, 0.15) is 5.82 Å². The minimum atomic E-state index is -0.905. The monoisotopic (exact) mass is 263 g/mol. The number of likely N-dealkylation sites (tertiary alicyclic amines) is 1. The lowest BCUT2D eigenvalue weighted by Crippen LogP contribution is -2.37. The Labute approximate surface area is 113 Å². The van der Waals surface area contributed by atoms with E-state index in [1.54, 1.807) is 12.1 Å². The molecule has 1 aromatic rings. The quantitative estimate of drug-likeness (QED) is 0.894. The first kappa shape index (κ1) is 13.8. The highest BCUT2D eigenvalue weighted by molar-refractivity contribution is 5.88. The van der Waals surface area contributed by atoms with Gasteiger partial charge in [-0.05, 0) is 45.5 Å². The molecule has 1 saturated heterocycles. The first-order chi connectivity index (χ1) is 8.97. The van der Waals surface area contributed by atoms with Crippen LogP contribution >= 0.6 is 0 Å². The van der Waals surface area contributed by atoms with Crippen molar-refractivity contribution in [1.29, 1.82) is 0 Å². The van der Waals surface area contributed by atoms with Gasteiger partial charge in [0.2, 0.25) is 0 Å². The molecule has 0 spiro atoms. The topological polar surface area (TPSA) is 56.7 Å². The highest BCUT2D eigenvalue weighted by Crippen LogP contribution is 2.19. The fraction of sp³-hybridized carbons (Fsp3) is 0.571. The number of anilines is 1. The van der Waals surface area contributed by atoms with Crippen molar-refractivity contribution in [3.05, 3.63) is 23.4 Å². The van der Waals surface area contributed by atoms with Gasteiger partial charge in [0.05, 0.1) is 5.56 Å². The van der Waals surface area contributed by atoms with E-state index in [1.165, 1.54) is 12.8 Å². The molecule has 0 aliphatic carbocycles. The maximum Gasteiger partial charge on any atom is 0.335 e.